The van der Waals surface area contributed by atoms with E-state index in [1.807, 2.05) is 24.3 Å². The van der Waals surface area contributed by atoms with Crippen molar-refractivity contribution >= 4 is 33.3 Å². The van der Waals surface area contributed by atoms with Crippen LogP contribution in [0.4, 0.5) is 5.82 Å². The number of hydrogen-bond acceptors (Lipinski definition) is 2. The van der Waals surface area contributed by atoms with Crippen LogP contribution in [0.3, 0.4) is 0 Å². The molecule has 0 radical (unpaired) electrons. The van der Waals surface area contributed by atoms with Gasteiger partial charge < -0.3 is 5.73 Å². The fourth-order valence-corrected chi connectivity index (χ4v) is 2.92. The van der Waals surface area contributed by atoms with E-state index in [0.29, 0.717) is 12.4 Å². The minimum absolute atomic E-state index is 0.0569. The summed E-state index contributed by atoms with van der Waals surface area (Å²) in [6.07, 6.45) is 0. The van der Waals surface area contributed by atoms with E-state index in [4.69, 9.17) is 17.3 Å². The Morgan fingerprint density at radius 3 is 2.47 bits per heavy atom. The van der Waals surface area contributed by atoms with Crippen LogP contribution in [-0.4, -0.2) is 9.78 Å². The summed E-state index contributed by atoms with van der Waals surface area (Å²) in [6.45, 7) is 6.90. The van der Waals surface area contributed by atoms with Crippen molar-refractivity contribution in [1.82, 2.24) is 9.78 Å². The fourth-order valence-electron chi connectivity index (χ4n) is 1.84. The van der Waals surface area contributed by atoms with Crippen LogP contribution in [0.2, 0.25) is 5.02 Å². The molecule has 0 spiro atoms. The zero-order valence-corrected chi connectivity index (χ0v) is 13.6. The molecule has 102 valence electrons. The minimum atomic E-state index is -0.0569. The molecule has 2 N–H and O–H groups in total. The lowest BCUT2D eigenvalue weighted by atomic mass is 9.92. The van der Waals surface area contributed by atoms with Crippen LogP contribution >= 0.6 is 27.5 Å². The molecule has 1 aromatic heterocycles. The van der Waals surface area contributed by atoms with Gasteiger partial charge in [0.15, 0.2) is 0 Å². The average Bonchev–Trinajstić information content (AvgIpc) is 2.60. The second-order valence-corrected chi connectivity index (χ2v) is 6.75. The monoisotopic (exact) mass is 341 g/mol. The Morgan fingerprint density at radius 1 is 1.32 bits per heavy atom. The van der Waals surface area contributed by atoms with Crippen LogP contribution in [0.15, 0.2) is 28.7 Å². The standard InChI is InChI=1S/C14H17BrClN3/c1-14(2,3)12-11(15)13(17)19(18-12)8-9-6-4-5-7-10(9)16/h4-7H,8,17H2,1-3H3. The summed E-state index contributed by atoms with van der Waals surface area (Å²) in [5.41, 5.74) is 8.01. The number of benzene rings is 1. The van der Waals surface area contributed by atoms with Crippen molar-refractivity contribution in [2.75, 3.05) is 5.73 Å². The molecule has 0 fully saturated rings. The van der Waals surface area contributed by atoms with Gasteiger partial charge in [-0.05, 0) is 27.6 Å². The Labute approximate surface area is 126 Å². The minimum Gasteiger partial charge on any atom is -0.383 e. The second kappa shape index (κ2) is 5.17. The van der Waals surface area contributed by atoms with E-state index in [1.54, 1.807) is 4.68 Å². The molecule has 0 bridgehead atoms. The van der Waals surface area contributed by atoms with E-state index in [-0.39, 0.29) is 5.41 Å². The van der Waals surface area contributed by atoms with Crippen molar-refractivity contribution in [2.45, 2.75) is 32.7 Å². The lowest BCUT2D eigenvalue weighted by Gasteiger charge is -2.15. The molecule has 1 aromatic carbocycles. The van der Waals surface area contributed by atoms with E-state index in [2.05, 4.69) is 41.8 Å². The van der Waals surface area contributed by atoms with Crippen molar-refractivity contribution in [3.8, 4) is 0 Å². The number of halogens is 2. The molecule has 1 heterocycles. The first kappa shape index (κ1) is 14.4. The number of nitrogens with zero attached hydrogens (tertiary/aromatic N) is 2. The highest BCUT2D eigenvalue weighted by Crippen LogP contribution is 2.33. The Balaban J connectivity index is 2.40. The van der Waals surface area contributed by atoms with Gasteiger partial charge in [-0.2, -0.15) is 5.10 Å². The third-order valence-corrected chi connectivity index (χ3v) is 4.07. The lowest BCUT2D eigenvalue weighted by Crippen LogP contribution is -2.14. The maximum atomic E-state index is 6.17. The van der Waals surface area contributed by atoms with Gasteiger partial charge in [-0.1, -0.05) is 50.6 Å². The molecule has 0 aliphatic rings. The topological polar surface area (TPSA) is 43.8 Å². The molecule has 2 aromatic rings. The SMILES string of the molecule is CC(C)(C)c1nn(Cc2ccccc2Cl)c(N)c1Br. The van der Waals surface area contributed by atoms with Crippen molar-refractivity contribution < 1.29 is 0 Å². The Morgan fingerprint density at radius 2 is 1.95 bits per heavy atom. The quantitative estimate of drug-likeness (QED) is 0.887. The zero-order valence-electron chi connectivity index (χ0n) is 11.2. The Kier molecular flexibility index (Phi) is 3.92. The van der Waals surface area contributed by atoms with Crippen LogP contribution in [0.5, 0.6) is 0 Å². The molecule has 0 aliphatic carbocycles. The average molecular weight is 343 g/mol. The van der Waals surface area contributed by atoms with Crippen LogP contribution in [-0.2, 0) is 12.0 Å². The predicted octanol–water partition coefficient (Wildman–Crippen LogP) is 4.23. The van der Waals surface area contributed by atoms with E-state index >= 15 is 0 Å². The Bertz CT molecular complexity index is 599. The molecule has 19 heavy (non-hydrogen) atoms. The predicted molar refractivity (Wildman–Crippen MR) is 83.6 cm³/mol. The summed E-state index contributed by atoms with van der Waals surface area (Å²) >= 11 is 9.70. The molecule has 0 saturated carbocycles. The highest BCUT2D eigenvalue weighted by Gasteiger charge is 2.24. The van der Waals surface area contributed by atoms with Crippen molar-refractivity contribution in [3.63, 3.8) is 0 Å². The number of aromatic nitrogens is 2. The van der Waals surface area contributed by atoms with E-state index in [9.17, 15) is 0 Å². The largest absolute Gasteiger partial charge is 0.383 e. The maximum Gasteiger partial charge on any atom is 0.136 e. The Hall–Kier alpha value is -1.00. The van der Waals surface area contributed by atoms with Gasteiger partial charge in [0.1, 0.15) is 5.82 Å². The highest BCUT2D eigenvalue weighted by atomic mass is 79.9. The van der Waals surface area contributed by atoms with Crippen LogP contribution in [0.1, 0.15) is 32.0 Å². The van der Waals surface area contributed by atoms with Crippen molar-refractivity contribution in [2.24, 2.45) is 0 Å². The van der Waals surface area contributed by atoms with E-state index < -0.39 is 0 Å². The van der Waals surface area contributed by atoms with Gasteiger partial charge >= 0.3 is 0 Å². The molecule has 0 amide bonds. The second-order valence-electron chi connectivity index (χ2n) is 5.55. The zero-order chi connectivity index (χ0) is 14.2. The summed E-state index contributed by atoms with van der Waals surface area (Å²) in [5, 5.41) is 5.33. The van der Waals surface area contributed by atoms with Crippen molar-refractivity contribution in [1.29, 1.82) is 0 Å². The van der Waals surface area contributed by atoms with Gasteiger partial charge in [-0.3, -0.25) is 0 Å². The molecule has 0 saturated heterocycles. The van der Waals surface area contributed by atoms with Gasteiger partial charge in [0.05, 0.1) is 16.7 Å². The van der Waals surface area contributed by atoms with Crippen molar-refractivity contribution in [3.05, 3.63) is 45.0 Å². The van der Waals surface area contributed by atoms with E-state index in [1.165, 1.54) is 0 Å². The maximum absolute atomic E-state index is 6.17. The first-order valence-corrected chi connectivity index (χ1v) is 7.23. The smallest absolute Gasteiger partial charge is 0.136 e. The molecule has 0 aliphatic heterocycles. The molecule has 3 nitrogen and oxygen atoms in total. The summed E-state index contributed by atoms with van der Waals surface area (Å²) in [4.78, 5) is 0. The van der Waals surface area contributed by atoms with Gasteiger partial charge in [0.25, 0.3) is 0 Å². The number of nitrogen functional groups attached to an aromatic ring is 1. The summed E-state index contributed by atoms with van der Waals surface area (Å²) in [6, 6.07) is 7.72. The van der Waals surface area contributed by atoms with Gasteiger partial charge in [0, 0.05) is 10.4 Å². The highest BCUT2D eigenvalue weighted by molar-refractivity contribution is 9.10. The summed E-state index contributed by atoms with van der Waals surface area (Å²) < 4.78 is 2.65. The number of anilines is 1. The number of nitrogens with two attached hydrogens (primary N) is 1. The molecule has 0 atom stereocenters. The first-order chi connectivity index (χ1) is 8.80. The normalized spacial score (nSPS) is 11.8. The third kappa shape index (κ3) is 2.95. The molecular formula is C14H17BrClN3. The molecular weight excluding hydrogens is 326 g/mol. The van der Waals surface area contributed by atoms with Crippen LogP contribution in [0, 0.1) is 0 Å². The molecule has 2 rings (SSSR count). The third-order valence-electron chi connectivity index (χ3n) is 2.92. The first-order valence-electron chi connectivity index (χ1n) is 6.06. The van der Waals surface area contributed by atoms with Crippen LogP contribution in [0.25, 0.3) is 0 Å². The molecule has 0 unspecified atom stereocenters. The summed E-state index contributed by atoms with van der Waals surface area (Å²) in [5.74, 6) is 0.629. The lowest BCUT2D eigenvalue weighted by molar-refractivity contribution is 0.544. The molecule has 5 heteroatoms. The number of hydrogen-bond donors (Lipinski definition) is 1. The van der Waals surface area contributed by atoms with Gasteiger partial charge in [0.2, 0.25) is 0 Å². The van der Waals surface area contributed by atoms with E-state index in [0.717, 1.165) is 20.8 Å². The summed E-state index contributed by atoms with van der Waals surface area (Å²) in [7, 11) is 0. The fraction of sp³-hybridized carbons (Fsp3) is 0.357. The number of rotatable bonds is 2. The van der Waals surface area contributed by atoms with Gasteiger partial charge in [-0.25, -0.2) is 4.68 Å². The van der Waals surface area contributed by atoms with Crippen LogP contribution < -0.4 is 5.73 Å². The van der Waals surface area contributed by atoms with Gasteiger partial charge in [-0.15, -0.1) is 0 Å².